The van der Waals surface area contributed by atoms with E-state index in [2.05, 4.69) is 4.98 Å². The molecule has 4 aromatic rings. The van der Waals surface area contributed by atoms with Gasteiger partial charge in [-0.3, -0.25) is 18.7 Å². The quantitative estimate of drug-likeness (QED) is 0.486. The average Bonchev–Trinajstić information content (AvgIpc) is 2.82. The van der Waals surface area contributed by atoms with Gasteiger partial charge in [-0.2, -0.15) is 0 Å². The molecule has 0 bridgehead atoms. The number of hydrogen-bond acceptors (Lipinski definition) is 4. The molecule has 7 heteroatoms. The Morgan fingerprint density at radius 3 is 2.29 bits per heavy atom. The average molecular weight is 414 g/mol. The molecular weight excluding hydrogens is 392 g/mol. The number of rotatable bonds is 6. The third-order valence-electron chi connectivity index (χ3n) is 5.26. The number of likely N-dealkylation sites (N-methyl/N-ethyl adjacent to an activating group) is 1. The first-order valence-electron chi connectivity index (χ1n) is 10.00. The van der Waals surface area contributed by atoms with Gasteiger partial charge in [0.15, 0.2) is 5.52 Å². The second kappa shape index (κ2) is 8.79. The van der Waals surface area contributed by atoms with Crippen molar-refractivity contribution < 1.29 is 4.79 Å². The van der Waals surface area contributed by atoms with Crippen molar-refractivity contribution in [2.24, 2.45) is 0 Å². The third-order valence-corrected chi connectivity index (χ3v) is 5.26. The van der Waals surface area contributed by atoms with E-state index in [4.69, 9.17) is 0 Å². The number of pyridine rings is 1. The molecule has 0 unspecified atom stereocenters. The van der Waals surface area contributed by atoms with Gasteiger partial charge in [-0.1, -0.05) is 48.5 Å². The maximum Gasteiger partial charge on any atom is 0.332 e. The second-order valence-corrected chi connectivity index (χ2v) is 7.22. The maximum atomic E-state index is 13.2. The van der Waals surface area contributed by atoms with E-state index < -0.39 is 11.2 Å². The second-order valence-electron chi connectivity index (χ2n) is 7.22. The largest absolute Gasteiger partial charge is 0.332 e. The van der Waals surface area contributed by atoms with Crippen molar-refractivity contribution in [2.45, 2.75) is 19.5 Å². The SMILES string of the molecule is CN(C(=O)Cn1c(=O)n(CCc2ccccc2)c(=O)c2ncccc21)c1ccccc1. The number of aromatic nitrogens is 3. The monoisotopic (exact) mass is 414 g/mol. The molecule has 156 valence electrons. The molecule has 0 N–H and O–H groups in total. The summed E-state index contributed by atoms with van der Waals surface area (Å²) in [4.78, 5) is 44.8. The van der Waals surface area contributed by atoms with Gasteiger partial charge < -0.3 is 4.90 Å². The molecule has 2 aromatic heterocycles. The van der Waals surface area contributed by atoms with Crippen LogP contribution in [0.5, 0.6) is 0 Å². The number of nitrogens with zero attached hydrogens (tertiary/aromatic N) is 4. The Kier molecular flexibility index (Phi) is 5.75. The van der Waals surface area contributed by atoms with E-state index in [9.17, 15) is 14.4 Å². The lowest BCUT2D eigenvalue weighted by Crippen LogP contribution is -2.43. The van der Waals surface area contributed by atoms with Gasteiger partial charge in [0.2, 0.25) is 5.91 Å². The summed E-state index contributed by atoms with van der Waals surface area (Å²) >= 11 is 0. The molecule has 0 fully saturated rings. The standard InChI is InChI=1S/C24H22N4O3/c1-26(19-11-6-3-7-12-19)21(29)17-28-20-13-8-15-25-22(20)23(30)27(24(28)31)16-14-18-9-4-2-5-10-18/h2-13,15H,14,16-17H2,1H3. The summed E-state index contributed by atoms with van der Waals surface area (Å²) in [5.74, 6) is -0.272. The number of anilines is 1. The van der Waals surface area contributed by atoms with Crippen LogP contribution in [0.25, 0.3) is 11.0 Å². The smallest absolute Gasteiger partial charge is 0.314 e. The van der Waals surface area contributed by atoms with Crippen LogP contribution in [0.2, 0.25) is 0 Å². The van der Waals surface area contributed by atoms with Crippen molar-refractivity contribution in [1.29, 1.82) is 0 Å². The normalized spacial score (nSPS) is 10.9. The molecule has 1 amide bonds. The zero-order valence-electron chi connectivity index (χ0n) is 17.1. The van der Waals surface area contributed by atoms with Crippen LogP contribution in [0, 0.1) is 0 Å². The van der Waals surface area contributed by atoms with E-state index >= 15 is 0 Å². The molecule has 0 saturated carbocycles. The summed E-state index contributed by atoms with van der Waals surface area (Å²) in [5, 5.41) is 0. The summed E-state index contributed by atoms with van der Waals surface area (Å²) in [7, 11) is 1.66. The van der Waals surface area contributed by atoms with E-state index in [1.54, 1.807) is 19.2 Å². The Labute approximate surface area is 178 Å². The molecule has 0 atom stereocenters. The highest BCUT2D eigenvalue weighted by atomic mass is 16.2. The van der Waals surface area contributed by atoms with Crippen LogP contribution in [-0.4, -0.2) is 27.1 Å². The highest BCUT2D eigenvalue weighted by Crippen LogP contribution is 2.12. The van der Waals surface area contributed by atoms with Crippen molar-refractivity contribution in [2.75, 3.05) is 11.9 Å². The summed E-state index contributed by atoms with van der Waals surface area (Å²) < 4.78 is 2.49. The van der Waals surface area contributed by atoms with Crippen LogP contribution in [0.1, 0.15) is 5.56 Å². The minimum Gasteiger partial charge on any atom is -0.314 e. The molecule has 0 saturated heterocycles. The van der Waals surface area contributed by atoms with E-state index in [-0.39, 0.29) is 24.5 Å². The molecule has 0 aliphatic rings. The van der Waals surface area contributed by atoms with Gasteiger partial charge in [-0.15, -0.1) is 0 Å². The fourth-order valence-corrected chi connectivity index (χ4v) is 3.52. The Balaban J connectivity index is 1.73. The zero-order chi connectivity index (χ0) is 21.8. The predicted molar refractivity (Wildman–Crippen MR) is 120 cm³/mol. The van der Waals surface area contributed by atoms with E-state index in [1.807, 2.05) is 60.7 Å². The molecule has 7 nitrogen and oxygen atoms in total. The molecule has 31 heavy (non-hydrogen) atoms. The topological polar surface area (TPSA) is 77.2 Å². The Morgan fingerprint density at radius 1 is 0.903 bits per heavy atom. The first-order valence-corrected chi connectivity index (χ1v) is 10.00. The lowest BCUT2D eigenvalue weighted by Gasteiger charge is -2.19. The van der Waals surface area contributed by atoms with Crippen molar-refractivity contribution in [3.05, 3.63) is 105 Å². The summed E-state index contributed by atoms with van der Waals surface area (Å²) in [6.07, 6.45) is 2.03. The van der Waals surface area contributed by atoms with Gasteiger partial charge in [-0.05, 0) is 36.2 Å². The highest BCUT2D eigenvalue weighted by Gasteiger charge is 2.18. The number of benzene rings is 2. The number of aryl methyl sites for hydroxylation is 1. The van der Waals surface area contributed by atoms with Crippen molar-refractivity contribution >= 4 is 22.6 Å². The number of carbonyl (C=O) groups is 1. The molecule has 0 aliphatic carbocycles. The van der Waals surface area contributed by atoms with Crippen LogP contribution >= 0.6 is 0 Å². The number of hydrogen-bond donors (Lipinski definition) is 0. The van der Waals surface area contributed by atoms with E-state index in [0.717, 1.165) is 15.8 Å². The molecule has 0 spiro atoms. The first kappa shape index (κ1) is 20.3. The lowest BCUT2D eigenvalue weighted by atomic mass is 10.1. The summed E-state index contributed by atoms with van der Waals surface area (Å²) in [6, 6.07) is 22.1. The number of amides is 1. The van der Waals surface area contributed by atoms with Crippen LogP contribution in [0.3, 0.4) is 0 Å². The fourth-order valence-electron chi connectivity index (χ4n) is 3.52. The van der Waals surface area contributed by atoms with Crippen molar-refractivity contribution in [1.82, 2.24) is 14.1 Å². The fraction of sp³-hybridized carbons (Fsp3) is 0.167. The van der Waals surface area contributed by atoms with Crippen LogP contribution in [-0.2, 0) is 24.3 Å². The maximum absolute atomic E-state index is 13.2. The summed E-state index contributed by atoms with van der Waals surface area (Å²) in [5.41, 5.74) is 1.29. The summed E-state index contributed by atoms with van der Waals surface area (Å²) in [6.45, 7) is 0.00888. The van der Waals surface area contributed by atoms with Crippen molar-refractivity contribution in [3.8, 4) is 0 Å². The van der Waals surface area contributed by atoms with E-state index in [1.165, 1.54) is 15.7 Å². The minimum absolute atomic E-state index is 0.172. The van der Waals surface area contributed by atoms with Gasteiger partial charge in [0.05, 0.1) is 5.52 Å². The molecule has 0 aliphatic heterocycles. The number of carbonyl (C=O) groups excluding carboxylic acids is 1. The Hall–Kier alpha value is -4.00. The number of para-hydroxylation sites is 1. The lowest BCUT2D eigenvalue weighted by molar-refractivity contribution is -0.118. The minimum atomic E-state index is -0.517. The van der Waals surface area contributed by atoms with Crippen LogP contribution in [0.4, 0.5) is 5.69 Å². The molecule has 4 rings (SSSR count). The molecule has 2 aromatic carbocycles. The van der Waals surface area contributed by atoms with Gasteiger partial charge in [-0.25, -0.2) is 9.78 Å². The van der Waals surface area contributed by atoms with Crippen LogP contribution in [0.15, 0.2) is 88.6 Å². The predicted octanol–water partition coefficient (Wildman–Crippen LogP) is 2.46. The van der Waals surface area contributed by atoms with Gasteiger partial charge in [0, 0.05) is 25.5 Å². The molecular formula is C24H22N4O3. The molecule has 0 radical (unpaired) electrons. The Bertz CT molecular complexity index is 1330. The third kappa shape index (κ3) is 4.16. The Morgan fingerprint density at radius 2 is 1.58 bits per heavy atom. The van der Waals surface area contributed by atoms with Gasteiger partial charge >= 0.3 is 5.69 Å². The van der Waals surface area contributed by atoms with E-state index in [0.29, 0.717) is 11.9 Å². The zero-order valence-corrected chi connectivity index (χ0v) is 17.1. The van der Waals surface area contributed by atoms with Gasteiger partial charge in [0.25, 0.3) is 5.56 Å². The highest BCUT2D eigenvalue weighted by molar-refractivity contribution is 5.93. The van der Waals surface area contributed by atoms with Crippen molar-refractivity contribution in [3.63, 3.8) is 0 Å². The first-order chi connectivity index (χ1) is 15.1. The van der Waals surface area contributed by atoms with Gasteiger partial charge in [0.1, 0.15) is 6.54 Å². The van der Waals surface area contributed by atoms with Crippen LogP contribution < -0.4 is 16.1 Å². The molecule has 2 heterocycles. The number of fused-ring (bicyclic) bond motifs is 1.